The van der Waals surface area contributed by atoms with Gasteiger partial charge in [-0.25, -0.2) is 4.79 Å². The van der Waals surface area contributed by atoms with Gasteiger partial charge in [0.05, 0.1) is 16.6 Å². The molecule has 1 fully saturated rings. The molecule has 0 aliphatic carbocycles. The third-order valence-corrected chi connectivity index (χ3v) is 5.51. The zero-order chi connectivity index (χ0) is 22.8. The highest BCUT2D eigenvalue weighted by Crippen LogP contribution is 2.31. The number of hydrogen-bond acceptors (Lipinski definition) is 5. The molecule has 1 aliphatic heterocycles. The quantitative estimate of drug-likeness (QED) is 0.608. The van der Waals surface area contributed by atoms with E-state index in [9.17, 15) is 23.2 Å². The van der Waals surface area contributed by atoms with Crippen molar-refractivity contribution >= 4 is 22.5 Å². The van der Waals surface area contributed by atoms with Crippen LogP contribution in [0.3, 0.4) is 0 Å². The zero-order valence-corrected chi connectivity index (χ0v) is 17.3. The molecule has 0 radical (unpaired) electrons. The van der Waals surface area contributed by atoms with Gasteiger partial charge in [-0.3, -0.25) is 14.2 Å². The van der Waals surface area contributed by atoms with E-state index in [2.05, 4.69) is 15.0 Å². The third-order valence-electron chi connectivity index (χ3n) is 5.51. The van der Waals surface area contributed by atoms with E-state index < -0.39 is 17.9 Å². The number of halogens is 2. The minimum atomic E-state index is -2.92. The summed E-state index contributed by atoms with van der Waals surface area (Å²) in [7, 11) is 0. The minimum absolute atomic E-state index is 0.0886. The van der Waals surface area contributed by atoms with Crippen molar-refractivity contribution in [1.29, 1.82) is 0 Å². The van der Waals surface area contributed by atoms with Crippen molar-refractivity contribution in [2.75, 3.05) is 18.0 Å². The standard InChI is InChI=1S/C22H22F2N4O4/c1-2-28-20(30)15-8-7-13(11-16(15)26-22(28)31)19(29)25-14-9-10-27(12-14)17-5-3-4-6-18(17)32-21(23)24/h3-8,11,14,21H,2,9-10,12H2,1H3,(H,25,29)(H,26,31). The van der Waals surface area contributed by atoms with Gasteiger partial charge in [-0.2, -0.15) is 8.78 Å². The molecule has 1 saturated heterocycles. The molecule has 0 saturated carbocycles. The van der Waals surface area contributed by atoms with E-state index >= 15 is 0 Å². The molecule has 1 aliphatic rings. The molecule has 0 bridgehead atoms. The van der Waals surface area contributed by atoms with Gasteiger partial charge in [0.25, 0.3) is 11.5 Å². The Kier molecular flexibility index (Phi) is 5.93. The number of H-pyrrole nitrogens is 1. The fourth-order valence-electron chi connectivity index (χ4n) is 3.96. The SMILES string of the molecule is CCn1c(=O)[nH]c2cc(C(=O)NC3CCN(c4ccccc4OC(F)F)C3)ccc2c1=O. The Hall–Kier alpha value is -3.69. The molecule has 1 atom stereocenters. The summed E-state index contributed by atoms with van der Waals surface area (Å²) in [6.45, 7) is 0.0235. The maximum Gasteiger partial charge on any atom is 0.387 e. The summed E-state index contributed by atoms with van der Waals surface area (Å²) in [6, 6.07) is 10.9. The van der Waals surface area contributed by atoms with Crippen molar-refractivity contribution in [3.63, 3.8) is 0 Å². The topological polar surface area (TPSA) is 96.4 Å². The van der Waals surface area contributed by atoms with Crippen LogP contribution in [0.1, 0.15) is 23.7 Å². The number of carbonyl (C=O) groups is 1. The third kappa shape index (κ3) is 4.20. The number of anilines is 1. The summed E-state index contributed by atoms with van der Waals surface area (Å²) in [5, 5.41) is 3.25. The summed E-state index contributed by atoms with van der Waals surface area (Å²) < 4.78 is 31.1. The molecule has 1 aromatic heterocycles. The Morgan fingerprint density at radius 2 is 2.03 bits per heavy atom. The lowest BCUT2D eigenvalue weighted by molar-refractivity contribution is -0.0495. The van der Waals surface area contributed by atoms with Crippen LogP contribution in [0.2, 0.25) is 0 Å². The second-order valence-corrected chi connectivity index (χ2v) is 7.49. The number of amides is 1. The van der Waals surface area contributed by atoms with Gasteiger partial charge in [0, 0.05) is 31.2 Å². The van der Waals surface area contributed by atoms with Crippen LogP contribution < -0.4 is 26.2 Å². The molecule has 1 unspecified atom stereocenters. The van der Waals surface area contributed by atoms with Gasteiger partial charge in [-0.15, -0.1) is 0 Å². The summed E-state index contributed by atoms with van der Waals surface area (Å²) >= 11 is 0. The number of alkyl halides is 2. The fraction of sp³-hybridized carbons (Fsp3) is 0.318. The highest BCUT2D eigenvalue weighted by molar-refractivity contribution is 5.97. The first-order chi connectivity index (χ1) is 15.4. The molecular formula is C22H22F2N4O4. The summed E-state index contributed by atoms with van der Waals surface area (Å²) in [5.41, 5.74) is 0.207. The first-order valence-electron chi connectivity index (χ1n) is 10.2. The Morgan fingerprint density at radius 3 is 2.78 bits per heavy atom. The number of ether oxygens (including phenoxy) is 1. The molecule has 3 aromatic rings. The van der Waals surface area contributed by atoms with Crippen LogP contribution in [0, 0.1) is 0 Å². The lowest BCUT2D eigenvalue weighted by Gasteiger charge is -2.22. The van der Waals surface area contributed by atoms with Crippen LogP contribution in [-0.4, -0.2) is 41.2 Å². The van der Waals surface area contributed by atoms with Crippen LogP contribution in [0.25, 0.3) is 10.9 Å². The number of para-hydroxylation sites is 2. The van der Waals surface area contributed by atoms with Crippen molar-refractivity contribution in [1.82, 2.24) is 14.9 Å². The number of rotatable bonds is 6. The number of fused-ring (bicyclic) bond motifs is 1. The van der Waals surface area contributed by atoms with Crippen molar-refractivity contribution < 1.29 is 18.3 Å². The highest BCUT2D eigenvalue weighted by atomic mass is 19.3. The molecule has 0 spiro atoms. The van der Waals surface area contributed by atoms with Crippen molar-refractivity contribution in [2.45, 2.75) is 32.5 Å². The van der Waals surface area contributed by atoms with E-state index in [1.807, 2.05) is 4.90 Å². The van der Waals surface area contributed by atoms with Gasteiger partial charge >= 0.3 is 12.3 Å². The number of carbonyl (C=O) groups excluding carboxylic acids is 1. The highest BCUT2D eigenvalue weighted by Gasteiger charge is 2.27. The van der Waals surface area contributed by atoms with Crippen LogP contribution in [-0.2, 0) is 6.54 Å². The van der Waals surface area contributed by atoms with Gasteiger partial charge in [0.1, 0.15) is 5.75 Å². The number of aromatic amines is 1. The average molecular weight is 444 g/mol. The second kappa shape index (κ2) is 8.81. The van der Waals surface area contributed by atoms with E-state index in [0.29, 0.717) is 41.7 Å². The van der Waals surface area contributed by atoms with Crippen molar-refractivity contribution in [3.05, 3.63) is 68.9 Å². The molecule has 168 valence electrons. The molecule has 4 rings (SSSR count). The van der Waals surface area contributed by atoms with Gasteiger partial charge in [-0.1, -0.05) is 12.1 Å². The van der Waals surface area contributed by atoms with Gasteiger partial charge in [0.2, 0.25) is 0 Å². The van der Waals surface area contributed by atoms with Crippen LogP contribution in [0.4, 0.5) is 14.5 Å². The molecule has 32 heavy (non-hydrogen) atoms. The van der Waals surface area contributed by atoms with Crippen LogP contribution >= 0.6 is 0 Å². The van der Waals surface area contributed by atoms with Crippen molar-refractivity contribution in [2.24, 2.45) is 0 Å². The number of nitrogens with zero attached hydrogens (tertiary/aromatic N) is 2. The first kappa shape index (κ1) is 21.5. The predicted molar refractivity (Wildman–Crippen MR) is 116 cm³/mol. The maximum atomic E-state index is 12.8. The van der Waals surface area contributed by atoms with E-state index in [1.165, 1.54) is 24.3 Å². The van der Waals surface area contributed by atoms with Crippen LogP contribution in [0.15, 0.2) is 52.1 Å². The molecular weight excluding hydrogens is 422 g/mol. The van der Waals surface area contributed by atoms with Gasteiger partial charge < -0.3 is 19.9 Å². The lowest BCUT2D eigenvalue weighted by atomic mass is 10.1. The maximum absolute atomic E-state index is 12.8. The van der Waals surface area contributed by atoms with E-state index in [4.69, 9.17) is 0 Å². The zero-order valence-electron chi connectivity index (χ0n) is 17.3. The largest absolute Gasteiger partial charge is 0.433 e. The Labute approximate surface area is 181 Å². The fourth-order valence-corrected chi connectivity index (χ4v) is 3.96. The molecule has 10 heteroatoms. The van der Waals surface area contributed by atoms with Gasteiger partial charge in [0.15, 0.2) is 0 Å². The van der Waals surface area contributed by atoms with E-state index in [-0.39, 0.29) is 24.2 Å². The average Bonchev–Trinajstić information content (AvgIpc) is 3.21. The molecule has 2 N–H and O–H groups in total. The second-order valence-electron chi connectivity index (χ2n) is 7.49. The first-order valence-corrected chi connectivity index (χ1v) is 10.2. The van der Waals surface area contributed by atoms with Gasteiger partial charge in [-0.05, 0) is 43.7 Å². The normalized spacial score (nSPS) is 16.0. The monoisotopic (exact) mass is 444 g/mol. The number of hydrogen-bond donors (Lipinski definition) is 2. The Morgan fingerprint density at radius 1 is 1.25 bits per heavy atom. The van der Waals surface area contributed by atoms with Crippen LogP contribution in [0.5, 0.6) is 5.75 Å². The number of aromatic nitrogens is 2. The molecule has 2 heterocycles. The summed E-state index contributed by atoms with van der Waals surface area (Å²) in [5.74, 6) is -0.262. The Balaban J connectivity index is 1.49. The predicted octanol–water partition coefficient (Wildman–Crippen LogP) is 2.32. The summed E-state index contributed by atoms with van der Waals surface area (Å²) in [4.78, 5) is 41.7. The Bertz CT molecular complexity index is 1270. The van der Waals surface area contributed by atoms with E-state index in [1.54, 1.807) is 25.1 Å². The lowest BCUT2D eigenvalue weighted by Crippen LogP contribution is -2.37. The number of benzene rings is 2. The minimum Gasteiger partial charge on any atom is -0.433 e. The number of nitrogens with one attached hydrogen (secondary N) is 2. The van der Waals surface area contributed by atoms with E-state index in [0.717, 1.165) is 4.57 Å². The van der Waals surface area contributed by atoms with Crippen molar-refractivity contribution in [3.8, 4) is 5.75 Å². The molecule has 1 amide bonds. The molecule has 2 aromatic carbocycles. The smallest absolute Gasteiger partial charge is 0.387 e. The molecule has 8 nitrogen and oxygen atoms in total. The summed E-state index contributed by atoms with van der Waals surface area (Å²) in [6.07, 6.45) is 0.625.